The van der Waals surface area contributed by atoms with Crippen molar-refractivity contribution in [3.63, 3.8) is 0 Å². The molecule has 8 nitrogen and oxygen atoms in total. The van der Waals surface area contributed by atoms with Gasteiger partial charge in [-0.2, -0.15) is 0 Å². The molecular weight excluding hydrogens is 1130 g/mol. The van der Waals surface area contributed by atoms with E-state index in [4.69, 9.17) is 9.47 Å². The normalized spacial score (nSPS) is 11.7. The third-order valence-corrected chi connectivity index (χ3v) is 15.9. The van der Waals surface area contributed by atoms with Crippen molar-refractivity contribution in [2.24, 2.45) is 0 Å². The minimum absolute atomic E-state index is 0.0255. The van der Waals surface area contributed by atoms with Crippen molar-refractivity contribution in [3.8, 4) is 45.3 Å². The van der Waals surface area contributed by atoms with E-state index in [9.17, 15) is 20.4 Å². The van der Waals surface area contributed by atoms with Crippen molar-refractivity contribution in [1.29, 1.82) is 0 Å². The molecule has 0 atom stereocenters. The van der Waals surface area contributed by atoms with Gasteiger partial charge in [0.25, 0.3) is 0 Å². The average Bonchev–Trinajstić information content (AvgIpc) is 3.60. The van der Waals surface area contributed by atoms with Crippen LogP contribution in [0.3, 0.4) is 0 Å². The van der Waals surface area contributed by atoms with Gasteiger partial charge in [0, 0.05) is 85.0 Å². The van der Waals surface area contributed by atoms with Crippen molar-refractivity contribution in [2.45, 2.75) is 141 Å². The van der Waals surface area contributed by atoms with Crippen molar-refractivity contribution in [1.82, 2.24) is 0 Å². The summed E-state index contributed by atoms with van der Waals surface area (Å²) in [5.41, 5.74) is 14.6. The number of aryl methyl sites for hydroxylation is 4. The quantitative estimate of drug-likeness (QED) is 0.0818. The first-order valence-electron chi connectivity index (χ1n) is 29.9. The summed E-state index contributed by atoms with van der Waals surface area (Å²) in [6.07, 6.45) is 1.51. The number of aromatic hydroxyl groups is 2. The summed E-state index contributed by atoms with van der Waals surface area (Å²) in [4.78, 5) is 4.30. The zero-order valence-corrected chi connectivity index (χ0v) is 56.6. The summed E-state index contributed by atoms with van der Waals surface area (Å²) >= 11 is 0.230. The van der Waals surface area contributed by atoms with E-state index in [0.717, 1.165) is 102 Å². The number of methoxy groups -OCH3 is 2. The van der Waals surface area contributed by atoms with E-state index in [2.05, 4.69) is 152 Å². The third kappa shape index (κ3) is 16.1. The predicted octanol–water partition coefficient (Wildman–Crippen LogP) is 18.3. The summed E-state index contributed by atoms with van der Waals surface area (Å²) in [5.74, 6) is 0.593. The number of phenolic OH excluding ortho intramolecular Hbond substituents is 2. The van der Waals surface area contributed by atoms with Crippen LogP contribution in [-0.4, -0.2) is 50.7 Å². The fourth-order valence-electron chi connectivity index (χ4n) is 11.3. The topological polar surface area (TPSA) is 112 Å². The molecule has 0 saturated carbocycles. The molecule has 85 heavy (non-hydrogen) atoms. The molecule has 8 aromatic rings. The summed E-state index contributed by atoms with van der Waals surface area (Å²) in [5, 5.41) is 51.9. The molecule has 8 aromatic carbocycles. The van der Waals surface area contributed by atoms with Crippen molar-refractivity contribution in [2.75, 3.05) is 50.3 Å². The number of benzene rings is 8. The first-order valence-corrected chi connectivity index (χ1v) is 34.8. The standard InChI is InChI=1S/2C37H45NO3.2CH3.Zr/c2*1-25-21-29(34(39)31(23-25)37(6,7)27-15-10-9-11-16-27)28-17-12-13-18-32(28)38(19-14-20-41-8)33-24-26(2)22-30(35(33)40)36(3,4)5;;;/h2*9-13,15-18,21-24,39-40H,14,19-20H2,1-8H3;2*1H3;/q;;;;+2/p-2. The van der Waals surface area contributed by atoms with Crippen LogP contribution in [0.1, 0.15) is 138 Å². The zero-order valence-electron chi connectivity index (χ0n) is 54.2. The van der Waals surface area contributed by atoms with Crippen LogP contribution in [0.25, 0.3) is 22.3 Å². The van der Waals surface area contributed by atoms with Gasteiger partial charge in [-0.25, -0.2) is 0 Å². The number of rotatable bonds is 18. The number of phenols is 2. The molecule has 0 fully saturated rings. The van der Waals surface area contributed by atoms with Crippen LogP contribution in [0.2, 0.25) is 9.26 Å². The Morgan fingerprint density at radius 1 is 0.400 bits per heavy atom. The summed E-state index contributed by atoms with van der Waals surface area (Å²) in [6, 6.07) is 52.7. The Balaban J connectivity index is 0.000000260. The van der Waals surface area contributed by atoms with Crippen LogP contribution < -0.4 is 20.0 Å². The third-order valence-electron chi connectivity index (χ3n) is 15.9. The fourth-order valence-corrected chi connectivity index (χ4v) is 11.3. The SMILES string of the molecule is COCCCN(c1ccccc1-c1cc(C)cc(C(C)(C)c2ccccc2)c1[O-])c1cc(C)cc(C(C)(C)C)c1O.COCCCN(c1ccccc1-c1cc(C)cc(C(C)(C)c2ccccc2)c1[O-])c1cc(C)cc(C(C)(C)C)c1O.[CH3][Zr+2][CH3]. The second-order valence-corrected chi connectivity index (χ2v) is 28.2. The molecule has 0 spiro atoms. The number of hydrogen-bond donors (Lipinski definition) is 2. The molecule has 0 amide bonds. The Bertz CT molecular complexity index is 3250. The Hall–Kier alpha value is -6.64. The molecule has 0 aliphatic rings. The van der Waals surface area contributed by atoms with Gasteiger partial charge in [0.1, 0.15) is 11.5 Å². The van der Waals surface area contributed by atoms with Gasteiger partial charge in [-0.1, -0.05) is 225 Å². The van der Waals surface area contributed by atoms with Gasteiger partial charge in [-0.15, -0.1) is 0 Å². The van der Waals surface area contributed by atoms with Gasteiger partial charge >= 0.3 is 32.5 Å². The fraction of sp³-hybridized carbons (Fsp3) is 0.368. The van der Waals surface area contributed by atoms with E-state index in [1.807, 2.05) is 121 Å². The number of hydrogen-bond acceptors (Lipinski definition) is 8. The first kappa shape index (κ1) is 67.5. The van der Waals surface area contributed by atoms with E-state index in [1.54, 1.807) is 14.2 Å². The monoisotopic (exact) mass is 1220 g/mol. The molecule has 0 unspecified atom stereocenters. The molecule has 0 aliphatic carbocycles. The summed E-state index contributed by atoms with van der Waals surface area (Å²) in [6.45, 7) is 31.8. The molecular formula is C76H94N2O6Zr. The van der Waals surface area contributed by atoms with E-state index in [1.165, 1.54) is 0 Å². The summed E-state index contributed by atoms with van der Waals surface area (Å²) in [7, 11) is 3.40. The number of para-hydroxylation sites is 2. The van der Waals surface area contributed by atoms with E-state index in [0.29, 0.717) is 37.4 Å². The van der Waals surface area contributed by atoms with Crippen LogP contribution in [0.5, 0.6) is 23.0 Å². The molecule has 448 valence electrons. The van der Waals surface area contributed by atoms with Gasteiger partial charge in [0.05, 0.1) is 11.4 Å². The minimum atomic E-state index is -0.470. The van der Waals surface area contributed by atoms with Crippen LogP contribution in [0.15, 0.2) is 158 Å². The molecule has 0 aliphatic heterocycles. The molecule has 0 heterocycles. The Labute approximate surface area is 522 Å². The van der Waals surface area contributed by atoms with E-state index >= 15 is 0 Å². The first-order chi connectivity index (χ1) is 40.1. The maximum absolute atomic E-state index is 14.3. The van der Waals surface area contributed by atoms with E-state index in [-0.39, 0.29) is 57.1 Å². The van der Waals surface area contributed by atoms with Gasteiger partial charge < -0.3 is 39.7 Å². The molecule has 0 aromatic heterocycles. The van der Waals surface area contributed by atoms with Gasteiger partial charge in [-0.3, -0.25) is 0 Å². The molecule has 8 rings (SSSR count). The maximum atomic E-state index is 14.3. The molecule has 9 heteroatoms. The van der Waals surface area contributed by atoms with E-state index < -0.39 is 10.8 Å². The van der Waals surface area contributed by atoms with Crippen LogP contribution in [0.4, 0.5) is 22.7 Å². The predicted molar refractivity (Wildman–Crippen MR) is 351 cm³/mol. The zero-order chi connectivity index (χ0) is 62.6. The Kier molecular flexibility index (Phi) is 23.2. The van der Waals surface area contributed by atoms with Crippen molar-refractivity contribution in [3.05, 3.63) is 213 Å². The van der Waals surface area contributed by atoms with Crippen LogP contribution in [0, 0.1) is 27.7 Å². The second-order valence-electron chi connectivity index (χ2n) is 25.8. The number of nitrogens with zero attached hydrogens (tertiary/aromatic N) is 2. The van der Waals surface area contributed by atoms with Gasteiger partial charge in [0.2, 0.25) is 0 Å². The van der Waals surface area contributed by atoms with Gasteiger partial charge in [-0.05, 0) is 120 Å². The molecule has 0 saturated heterocycles. The Morgan fingerprint density at radius 2 is 0.694 bits per heavy atom. The molecule has 0 radical (unpaired) electrons. The average molecular weight is 1220 g/mol. The number of anilines is 4. The Morgan fingerprint density at radius 3 is 1.01 bits per heavy atom. The van der Waals surface area contributed by atoms with Crippen LogP contribution in [-0.2, 0) is 54.4 Å². The van der Waals surface area contributed by atoms with Gasteiger partial charge in [0.15, 0.2) is 0 Å². The van der Waals surface area contributed by atoms with Crippen molar-refractivity contribution < 1.29 is 53.1 Å². The second kappa shape index (κ2) is 29.2. The van der Waals surface area contributed by atoms with Crippen LogP contribution >= 0.6 is 0 Å². The summed E-state index contributed by atoms with van der Waals surface area (Å²) < 4.78 is 15.4. The molecule has 0 bridgehead atoms. The van der Waals surface area contributed by atoms with Crippen molar-refractivity contribution >= 4 is 22.7 Å². The number of ether oxygens (including phenoxy) is 2. The molecule has 2 N–H and O–H groups in total.